The molecular weight excluding hydrogens is 400 g/mol. The number of carbonyl (C=O) groups is 2. The molecule has 2 aromatic carbocycles. The Kier molecular flexibility index (Phi) is 7.46. The maximum absolute atomic E-state index is 12.6. The summed E-state index contributed by atoms with van der Waals surface area (Å²) in [6, 6.07) is 14.0. The summed E-state index contributed by atoms with van der Waals surface area (Å²) in [7, 11) is 0. The lowest BCUT2D eigenvalue weighted by molar-refractivity contribution is -0.123. The summed E-state index contributed by atoms with van der Waals surface area (Å²) in [5, 5.41) is 7.28. The third-order valence-corrected chi connectivity index (χ3v) is 5.31. The zero-order valence-corrected chi connectivity index (χ0v) is 18.0. The van der Waals surface area contributed by atoms with Gasteiger partial charge >= 0.3 is 0 Å². The van der Waals surface area contributed by atoms with Crippen LogP contribution in [0.15, 0.2) is 53.6 Å². The van der Waals surface area contributed by atoms with Gasteiger partial charge in [0.15, 0.2) is 0 Å². The number of benzene rings is 2. The summed E-state index contributed by atoms with van der Waals surface area (Å²) in [6.07, 6.45) is 4.07. The lowest BCUT2D eigenvalue weighted by Gasteiger charge is -2.20. The van der Waals surface area contributed by atoms with E-state index in [2.05, 4.69) is 32.9 Å². The molecule has 0 aromatic heterocycles. The first-order chi connectivity index (χ1) is 14.4. The van der Waals surface area contributed by atoms with Crippen molar-refractivity contribution >= 4 is 35.3 Å². The molecule has 1 aliphatic rings. The Morgan fingerprint density at radius 1 is 1.10 bits per heavy atom. The van der Waals surface area contributed by atoms with Crippen molar-refractivity contribution < 1.29 is 9.59 Å². The number of nitrogens with zero attached hydrogens (tertiary/aromatic N) is 2. The van der Waals surface area contributed by atoms with Crippen molar-refractivity contribution in [1.29, 1.82) is 0 Å². The van der Waals surface area contributed by atoms with Crippen LogP contribution in [0.4, 0.5) is 5.69 Å². The topological polar surface area (TPSA) is 73.8 Å². The summed E-state index contributed by atoms with van der Waals surface area (Å²) in [4.78, 5) is 27.4. The van der Waals surface area contributed by atoms with Crippen molar-refractivity contribution in [3.63, 3.8) is 0 Å². The highest BCUT2D eigenvalue weighted by atomic mass is 35.5. The molecule has 2 N–H and O–H groups in total. The van der Waals surface area contributed by atoms with E-state index in [9.17, 15) is 9.59 Å². The van der Waals surface area contributed by atoms with E-state index in [4.69, 9.17) is 11.6 Å². The van der Waals surface area contributed by atoms with Crippen LogP contribution in [-0.2, 0) is 4.79 Å². The Hall–Kier alpha value is -2.86. The summed E-state index contributed by atoms with van der Waals surface area (Å²) in [5.41, 5.74) is 5.03. The maximum Gasteiger partial charge on any atom is 0.262 e. The summed E-state index contributed by atoms with van der Waals surface area (Å²) in [5.74, 6) is -0.832. The van der Waals surface area contributed by atoms with Crippen molar-refractivity contribution in [2.75, 3.05) is 18.0 Å². The molecule has 1 saturated heterocycles. The highest BCUT2D eigenvalue weighted by Gasteiger charge is 2.24. The number of carbonyl (C=O) groups excluding carboxylic acids is 2. The molecule has 1 unspecified atom stereocenters. The molecule has 3 rings (SSSR count). The fourth-order valence-electron chi connectivity index (χ4n) is 3.38. The maximum atomic E-state index is 12.6. The molecule has 158 valence electrons. The van der Waals surface area contributed by atoms with E-state index in [-0.39, 0.29) is 17.7 Å². The smallest absolute Gasteiger partial charge is 0.262 e. The van der Waals surface area contributed by atoms with Gasteiger partial charge in [-0.05, 0) is 54.7 Å². The van der Waals surface area contributed by atoms with Gasteiger partial charge in [-0.1, -0.05) is 43.6 Å². The molecule has 30 heavy (non-hydrogen) atoms. The molecule has 0 radical (unpaired) electrons. The van der Waals surface area contributed by atoms with Crippen molar-refractivity contribution in [3.05, 3.63) is 64.7 Å². The first-order valence-electron chi connectivity index (χ1n) is 10.2. The highest BCUT2D eigenvalue weighted by Crippen LogP contribution is 2.20. The van der Waals surface area contributed by atoms with Crippen molar-refractivity contribution in [2.24, 2.45) is 11.0 Å². The minimum Gasteiger partial charge on any atom is -0.372 e. The van der Waals surface area contributed by atoms with Crippen molar-refractivity contribution in [3.8, 4) is 0 Å². The van der Waals surface area contributed by atoms with Crippen LogP contribution in [-0.4, -0.2) is 37.2 Å². The van der Waals surface area contributed by atoms with E-state index >= 15 is 0 Å². The largest absolute Gasteiger partial charge is 0.372 e. The first kappa shape index (κ1) is 21.8. The van der Waals surface area contributed by atoms with Crippen LogP contribution < -0.4 is 15.6 Å². The van der Waals surface area contributed by atoms with Gasteiger partial charge in [-0.25, -0.2) is 5.43 Å². The fraction of sp³-hybridized carbons (Fsp3) is 0.348. The third-order valence-electron chi connectivity index (χ3n) is 5.08. The Morgan fingerprint density at radius 3 is 2.43 bits per heavy atom. The molecule has 7 heteroatoms. The van der Waals surface area contributed by atoms with Crippen LogP contribution >= 0.6 is 11.6 Å². The van der Waals surface area contributed by atoms with Crippen LogP contribution in [0.3, 0.4) is 0 Å². The van der Waals surface area contributed by atoms with Crippen LogP contribution in [0.1, 0.15) is 42.6 Å². The van der Waals surface area contributed by atoms with Gasteiger partial charge in [0.2, 0.25) is 0 Å². The summed E-state index contributed by atoms with van der Waals surface area (Å²) >= 11 is 5.94. The number of hydrazone groups is 1. The fourth-order valence-corrected chi connectivity index (χ4v) is 3.57. The standard InChI is InChI=1S/C23H27ClN4O2/c1-16(2)21(26-22(29)18-6-5-7-19(24)14-18)23(30)27-25-15-17-8-10-20(11-9-17)28-12-3-4-13-28/h5-11,14-16,21H,3-4,12-13H2,1-2H3,(H,26,29)(H,27,30). The van der Waals surface area contributed by atoms with Crippen LogP contribution in [0, 0.1) is 5.92 Å². The van der Waals surface area contributed by atoms with Crippen LogP contribution in [0.25, 0.3) is 0 Å². The molecule has 1 aliphatic heterocycles. The lowest BCUT2D eigenvalue weighted by Crippen LogP contribution is -2.48. The van der Waals surface area contributed by atoms with Gasteiger partial charge in [-0.3, -0.25) is 9.59 Å². The highest BCUT2D eigenvalue weighted by molar-refractivity contribution is 6.31. The van der Waals surface area contributed by atoms with Gasteiger partial charge in [0.25, 0.3) is 11.8 Å². The zero-order valence-electron chi connectivity index (χ0n) is 17.3. The number of halogens is 1. The van der Waals surface area contributed by atoms with Crippen molar-refractivity contribution in [2.45, 2.75) is 32.7 Å². The van der Waals surface area contributed by atoms with E-state index in [0.717, 1.165) is 18.7 Å². The Balaban J connectivity index is 1.57. The molecule has 0 spiro atoms. The quantitative estimate of drug-likeness (QED) is 0.521. The van der Waals surface area contributed by atoms with Crippen LogP contribution in [0.2, 0.25) is 5.02 Å². The molecule has 1 heterocycles. The number of nitrogens with one attached hydrogen (secondary N) is 2. The molecule has 2 aromatic rings. The Morgan fingerprint density at radius 2 is 1.80 bits per heavy atom. The van der Waals surface area contributed by atoms with E-state index in [1.54, 1.807) is 30.5 Å². The molecular formula is C23H27ClN4O2. The first-order valence-corrected chi connectivity index (χ1v) is 10.6. The van der Waals surface area contributed by atoms with Crippen molar-refractivity contribution in [1.82, 2.24) is 10.7 Å². The number of hydrogen-bond donors (Lipinski definition) is 2. The predicted octanol–water partition coefficient (Wildman–Crippen LogP) is 3.84. The Labute approximate surface area is 182 Å². The summed E-state index contributed by atoms with van der Waals surface area (Å²) < 4.78 is 0. The molecule has 6 nitrogen and oxygen atoms in total. The SMILES string of the molecule is CC(C)C(NC(=O)c1cccc(Cl)c1)C(=O)NN=Cc1ccc(N2CCCC2)cc1. The average Bonchev–Trinajstić information content (AvgIpc) is 3.27. The Bertz CT molecular complexity index is 906. The third kappa shape index (κ3) is 5.83. The van der Waals surface area contributed by atoms with Gasteiger partial charge in [0.1, 0.15) is 6.04 Å². The predicted molar refractivity (Wildman–Crippen MR) is 121 cm³/mol. The van der Waals surface area contributed by atoms with Gasteiger partial charge < -0.3 is 10.2 Å². The molecule has 1 atom stereocenters. The van der Waals surface area contributed by atoms with Gasteiger partial charge in [-0.2, -0.15) is 5.10 Å². The minimum absolute atomic E-state index is 0.108. The molecule has 0 bridgehead atoms. The normalized spacial score (nSPS) is 14.9. The van der Waals surface area contributed by atoms with E-state index in [1.165, 1.54) is 18.5 Å². The van der Waals surface area contributed by atoms with Gasteiger partial charge in [-0.15, -0.1) is 0 Å². The number of hydrogen-bond acceptors (Lipinski definition) is 4. The minimum atomic E-state index is -0.717. The average molecular weight is 427 g/mol. The second-order valence-electron chi connectivity index (χ2n) is 7.73. The molecule has 0 aliphatic carbocycles. The molecule has 2 amide bonds. The second-order valence-corrected chi connectivity index (χ2v) is 8.16. The van der Waals surface area contributed by atoms with Gasteiger partial charge in [0.05, 0.1) is 6.21 Å². The van der Waals surface area contributed by atoms with E-state index in [0.29, 0.717) is 10.6 Å². The van der Waals surface area contributed by atoms with Crippen LogP contribution in [0.5, 0.6) is 0 Å². The number of rotatable bonds is 7. The number of anilines is 1. The summed E-state index contributed by atoms with van der Waals surface area (Å²) in [6.45, 7) is 5.93. The van der Waals surface area contributed by atoms with E-state index in [1.807, 2.05) is 26.0 Å². The lowest BCUT2D eigenvalue weighted by atomic mass is 10.0. The second kappa shape index (κ2) is 10.3. The monoisotopic (exact) mass is 426 g/mol. The van der Waals surface area contributed by atoms with E-state index < -0.39 is 6.04 Å². The van der Waals surface area contributed by atoms with Gasteiger partial charge in [0, 0.05) is 29.4 Å². The molecule has 1 fully saturated rings. The molecule has 0 saturated carbocycles. The zero-order chi connectivity index (χ0) is 21.5. The number of amides is 2.